The van der Waals surface area contributed by atoms with Crippen molar-refractivity contribution in [2.45, 2.75) is 38.1 Å². The minimum absolute atomic E-state index is 0.247. The second-order valence-electron chi connectivity index (χ2n) is 2.56. The SMILES string of the molecule is CCCCCCS(=O)C(F)(F)F. The van der Waals surface area contributed by atoms with Gasteiger partial charge in [0.15, 0.2) is 0 Å². The summed E-state index contributed by atoms with van der Waals surface area (Å²) in [6.07, 6.45) is 3.02. The molecule has 0 saturated heterocycles. The van der Waals surface area contributed by atoms with Gasteiger partial charge in [0.05, 0.1) is 0 Å². The Morgan fingerprint density at radius 2 is 1.75 bits per heavy atom. The molecule has 0 spiro atoms. The highest BCUT2D eigenvalue weighted by atomic mass is 32.2. The smallest absolute Gasteiger partial charge is 0.251 e. The number of hydrogen-bond acceptors (Lipinski definition) is 1. The second-order valence-corrected chi connectivity index (χ2v) is 4.12. The maximum atomic E-state index is 11.7. The lowest BCUT2D eigenvalue weighted by atomic mass is 10.2. The van der Waals surface area contributed by atoms with E-state index in [-0.39, 0.29) is 5.75 Å². The van der Waals surface area contributed by atoms with Crippen LogP contribution in [0.5, 0.6) is 0 Å². The average Bonchev–Trinajstić information content (AvgIpc) is 1.96. The number of alkyl halides is 3. The molecule has 0 aliphatic heterocycles. The first-order valence-electron chi connectivity index (χ1n) is 3.93. The summed E-state index contributed by atoms with van der Waals surface area (Å²) in [7, 11) is -2.64. The lowest BCUT2D eigenvalue weighted by Crippen LogP contribution is -2.18. The highest BCUT2D eigenvalue weighted by Crippen LogP contribution is 2.20. The number of unbranched alkanes of at least 4 members (excludes halogenated alkanes) is 3. The monoisotopic (exact) mass is 202 g/mol. The van der Waals surface area contributed by atoms with Crippen LogP contribution < -0.4 is 0 Å². The van der Waals surface area contributed by atoms with Crippen LogP contribution in [0.3, 0.4) is 0 Å². The Bertz CT molecular complexity index is 144. The molecule has 0 heterocycles. The van der Waals surface area contributed by atoms with Crippen LogP contribution in [0.15, 0.2) is 0 Å². The fourth-order valence-electron chi connectivity index (χ4n) is 0.776. The van der Waals surface area contributed by atoms with Gasteiger partial charge in [-0.15, -0.1) is 0 Å². The molecule has 0 aromatic rings. The van der Waals surface area contributed by atoms with Gasteiger partial charge in [0.1, 0.15) is 10.8 Å². The van der Waals surface area contributed by atoms with Crippen molar-refractivity contribution < 1.29 is 17.4 Å². The molecular weight excluding hydrogens is 189 g/mol. The summed E-state index contributed by atoms with van der Waals surface area (Å²) in [6, 6.07) is 0. The van der Waals surface area contributed by atoms with E-state index in [1.807, 2.05) is 6.92 Å². The Morgan fingerprint density at radius 1 is 1.17 bits per heavy atom. The van der Waals surface area contributed by atoms with Gasteiger partial charge in [0, 0.05) is 5.75 Å². The van der Waals surface area contributed by atoms with Crippen molar-refractivity contribution in [1.29, 1.82) is 0 Å². The Hall–Kier alpha value is -0.0600. The minimum Gasteiger partial charge on any atom is -0.251 e. The quantitative estimate of drug-likeness (QED) is 0.626. The standard InChI is InChI=1S/C7H13F3OS/c1-2-3-4-5-6-12(11)7(8,9)10/h2-6H2,1H3. The topological polar surface area (TPSA) is 17.1 Å². The number of hydrogen-bond donors (Lipinski definition) is 0. The summed E-state index contributed by atoms with van der Waals surface area (Å²) in [5.41, 5.74) is -4.52. The van der Waals surface area contributed by atoms with E-state index in [9.17, 15) is 17.4 Å². The van der Waals surface area contributed by atoms with E-state index in [0.717, 1.165) is 19.3 Å². The third-order valence-electron chi connectivity index (χ3n) is 1.44. The van der Waals surface area contributed by atoms with E-state index in [1.54, 1.807) is 0 Å². The van der Waals surface area contributed by atoms with Crippen LogP contribution in [0, 0.1) is 0 Å². The van der Waals surface area contributed by atoms with Crippen molar-refractivity contribution in [1.82, 2.24) is 0 Å². The fraction of sp³-hybridized carbons (Fsp3) is 1.00. The number of rotatable bonds is 5. The van der Waals surface area contributed by atoms with Crippen LogP contribution in [-0.2, 0) is 10.8 Å². The largest absolute Gasteiger partial charge is 0.471 e. The van der Waals surface area contributed by atoms with Gasteiger partial charge in [-0.05, 0) is 6.42 Å². The maximum Gasteiger partial charge on any atom is 0.471 e. The minimum atomic E-state index is -4.52. The molecule has 0 aliphatic rings. The molecule has 0 amide bonds. The molecular formula is C7H13F3OS. The van der Waals surface area contributed by atoms with Crippen molar-refractivity contribution in [2.24, 2.45) is 0 Å². The Morgan fingerprint density at radius 3 is 2.17 bits per heavy atom. The normalized spacial score (nSPS) is 14.7. The van der Waals surface area contributed by atoms with Gasteiger partial charge in [-0.3, -0.25) is 4.21 Å². The fourth-order valence-corrected chi connectivity index (χ4v) is 1.47. The summed E-state index contributed by atoms with van der Waals surface area (Å²) < 4.78 is 45.4. The molecule has 0 radical (unpaired) electrons. The Labute approximate surface area is 72.8 Å². The molecule has 1 atom stereocenters. The van der Waals surface area contributed by atoms with Crippen LogP contribution in [-0.4, -0.2) is 15.5 Å². The Kier molecular flexibility index (Phi) is 5.53. The van der Waals surface area contributed by atoms with Crippen molar-refractivity contribution in [2.75, 3.05) is 5.75 Å². The zero-order chi connectivity index (χ0) is 9.61. The molecule has 1 unspecified atom stereocenters. The second kappa shape index (κ2) is 5.56. The van der Waals surface area contributed by atoms with E-state index in [4.69, 9.17) is 0 Å². The molecule has 0 bridgehead atoms. The van der Waals surface area contributed by atoms with Crippen LogP contribution >= 0.6 is 0 Å². The molecule has 0 aromatic heterocycles. The van der Waals surface area contributed by atoms with E-state index in [2.05, 4.69) is 0 Å². The third-order valence-corrected chi connectivity index (χ3v) is 2.62. The van der Waals surface area contributed by atoms with E-state index < -0.39 is 16.3 Å². The first-order valence-corrected chi connectivity index (χ1v) is 5.25. The van der Waals surface area contributed by atoms with Crippen LogP contribution in [0.1, 0.15) is 32.6 Å². The van der Waals surface area contributed by atoms with Crippen molar-refractivity contribution >= 4 is 10.8 Å². The molecule has 12 heavy (non-hydrogen) atoms. The maximum absolute atomic E-state index is 11.7. The number of halogens is 3. The predicted octanol–water partition coefficient (Wildman–Crippen LogP) is 2.84. The van der Waals surface area contributed by atoms with Gasteiger partial charge < -0.3 is 0 Å². The van der Waals surface area contributed by atoms with Gasteiger partial charge in [-0.2, -0.15) is 13.2 Å². The molecule has 0 N–H and O–H groups in total. The summed E-state index contributed by atoms with van der Waals surface area (Å²) >= 11 is 0. The van der Waals surface area contributed by atoms with E-state index >= 15 is 0 Å². The zero-order valence-corrected chi connectivity index (χ0v) is 7.80. The van der Waals surface area contributed by atoms with Gasteiger partial charge >= 0.3 is 5.51 Å². The van der Waals surface area contributed by atoms with Crippen LogP contribution in [0.25, 0.3) is 0 Å². The summed E-state index contributed by atoms with van der Waals surface area (Å²) in [6.45, 7) is 1.97. The first kappa shape index (κ1) is 11.9. The van der Waals surface area contributed by atoms with Gasteiger partial charge in [0.2, 0.25) is 0 Å². The van der Waals surface area contributed by atoms with Gasteiger partial charge in [-0.1, -0.05) is 26.2 Å². The summed E-state index contributed by atoms with van der Waals surface area (Å²) in [5, 5.41) is 0. The summed E-state index contributed by atoms with van der Waals surface area (Å²) in [5.74, 6) is -0.247. The average molecular weight is 202 g/mol. The Balaban J connectivity index is 3.45. The van der Waals surface area contributed by atoms with Crippen LogP contribution in [0.4, 0.5) is 13.2 Å². The molecule has 0 aromatic carbocycles. The molecule has 0 fully saturated rings. The highest BCUT2D eigenvalue weighted by molar-refractivity contribution is 7.85. The van der Waals surface area contributed by atoms with E-state index in [0.29, 0.717) is 6.42 Å². The third kappa shape index (κ3) is 5.57. The molecule has 1 nitrogen and oxygen atoms in total. The zero-order valence-electron chi connectivity index (χ0n) is 6.99. The first-order chi connectivity index (χ1) is 5.48. The van der Waals surface area contributed by atoms with Crippen molar-refractivity contribution in [3.8, 4) is 0 Å². The lowest BCUT2D eigenvalue weighted by Gasteiger charge is -2.04. The molecule has 0 aliphatic carbocycles. The molecule has 0 rings (SSSR count). The molecule has 74 valence electrons. The van der Waals surface area contributed by atoms with E-state index in [1.165, 1.54) is 0 Å². The van der Waals surface area contributed by atoms with Gasteiger partial charge in [-0.25, -0.2) is 0 Å². The molecule has 5 heteroatoms. The van der Waals surface area contributed by atoms with Gasteiger partial charge in [0.25, 0.3) is 0 Å². The molecule has 0 saturated carbocycles. The predicted molar refractivity (Wildman–Crippen MR) is 43.2 cm³/mol. The van der Waals surface area contributed by atoms with Crippen LogP contribution in [0.2, 0.25) is 0 Å². The van der Waals surface area contributed by atoms with Crippen molar-refractivity contribution in [3.63, 3.8) is 0 Å². The highest BCUT2D eigenvalue weighted by Gasteiger charge is 2.35. The van der Waals surface area contributed by atoms with Crippen molar-refractivity contribution in [3.05, 3.63) is 0 Å². The lowest BCUT2D eigenvalue weighted by molar-refractivity contribution is -0.0384. The summed E-state index contributed by atoms with van der Waals surface area (Å²) in [4.78, 5) is 0.